The molecule has 3 rings (SSSR count). The topological polar surface area (TPSA) is 20.3 Å². The Morgan fingerprint density at radius 3 is 2.50 bits per heavy atom. The van der Waals surface area contributed by atoms with Gasteiger partial charge in [-0.2, -0.15) is 0 Å². The van der Waals surface area contributed by atoms with E-state index < -0.39 is 0 Å². The van der Waals surface area contributed by atoms with Crippen LogP contribution in [-0.4, -0.2) is 11.8 Å². The number of carbonyl (C=O) groups is 1. The van der Waals surface area contributed by atoms with Crippen LogP contribution in [-0.2, 0) is 6.42 Å². The minimum Gasteiger partial charge on any atom is -0.338 e. The average Bonchev–Trinajstić information content (AvgIpc) is 2.47. The minimum atomic E-state index is 0.114. The van der Waals surface area contributed by atoms with Gasteiger partial charge in [0.2, 0.25) is 0 Å². The van der Waals surface area contributed by atoms with E-state index >= 15 is 0 Å². The van der Waals surface area contributed by atoms with E-state index in [0.717, 1.165) is 24.1 Å². The number of hydrogen-bond donors (Lipinski definition) is 0. The van der Waals surface area contributed by atoms with Crippen molar-refractivity contribution in [3.05, 3.63) is 59.7 Å². The molecule has 2 aromatic rings. The first kappa shape index (κ1) is 12.9. The Labute approximate surface area is 120 Å². The summed E-state index contributed by atoms with van der Waals surface area (Å²) in [6, 6.07) is 17.0. The molecule has 2 aromatic carbocycles. The summed E-state index contributed by atoms with van der Waals surface area (Å²) in [5.41, 5.74) is 4.63. The van der Waals surface area contributed by atoms with E-state index in [1.807, 2.05) is 12.1 Å². The number of aryl methyl sites for hydroxylation is 1. The smallest absolute Gasteiger partial charge is 0.159 e. The zero-order valence-electron chi connectivity index (χ0n) is 12.0. The number of para-hydroxylation sites is 1. The van der Waals surface area contributed by atoms with Crippen LogP contribution in [0, 0.1) is 0 Å². The minimum absolute atomic E-state index is 0.114. The van der Waals surface area contributed by atoms with Crippen molar-refractivity contribution >= 4 is 17.2 Å². The second-order valence-corrected chi connectivity index (χ2v) is 5.49. The van der Waals surface area contributed by atoms with Crippen molar-refractivity contribution in [2.75, 3.05) is 4.90 Å². The number of rotatable bonds is 2. The fraction of sp³-hybridized carbons (Fsp3) is 0.278. The number of nitrogens with zero attached hydrogens (tertiary/aromatic N) is 1. The number of Topliss-reactive ketones (excluding diaryl/α,β-unsaturated/α-hetero) is 1. The predicted molar refractivity (Wildman–Crippen MR) is 82.8 cm³/mol. The summed E-state index contributed by atoms with van der Waals surface area (Å²) in [5, 5.41) is 0. The highest BCUT2D eigenvalue weighted by Crippen LogP contribution is 2.36. The molecule has 1 heterocycles. The van der Waals surface area contributed by atoms with Crippen molar-refractivity contribution < 1.29 is 4.79 Å². The summed E-state index contributed by atoms with van der Waals surface area (Å²) < 4.78 is 0. The highest BCUT2D eigenvalue weighted by atomic mass is 16.1. The first-order chi connectivity index (χ1) is 9.66. The Morgan fingerprint density at radius 2 is 1.80 bits per heavy atom. The number of benzene rings is 2. The van der Waals surface area contributed by atoms with E-state index in [1.54, 1.807) is 6.92 Å². The number of hydrogen-bond acceptors (Lipinski definition) is 2. The number of carbonyl (C=O) groups excluding carboxylic acids is 1. The van der Waals surface area contributed by atoms with E-state index in [0.29, 0.717) is 6.04 Å². The molecule has 2 heteroatoms. The molecule has 20 heavy (non-hydrogen) atoms. The van der Waals surface area contributed by atoms with Gasteiger partial charge in [0.25, 0.3) is 0 Å². The van der Waals surface area contributed by atoms with Crippen LogP contribution in [0.1, 0.15) is 36.2 Å². The Morgan fingerprint density at radius 1 is 1.10 bits per heavy atom. The third kappa shape index (κ3) is 2.22. The van der Waals surface area contributed by atoms with E-state index in [-0.39, 0.29) is 5.78 Å². The molecular formula is C18H19NO. The van der Waals surface area contributed by atoms with Crippen LogP contribution in [0.2, 0.25) is 0 Å². The molecule has 0 bridgehead atoms. The first-order valence-electron chi connectivity index (χ1n) is 7.15. The number of anilines is 2. The van der Waals surface area contributed by atoms with Gasteiger partial charge >= 0.3 is 0 Å². The fourth-order valence-electron chi connectivity index (χ4n) is 2.94. The maximum atomic E-state index is 11.4. The van der Waals surface area contributed by atoms with Gasteiger partial charge < -0.3 is 4.90 Å². The zero-order chi connectivity index (χ0) is 14.1. The molecule has 0 aromatic heterocycles. The first-order valence-corrected chi connectivity index (χ1v) is 7.15. The average molecular weight is 265 g/mol. The molecule has 0 radical (unpaired) electrons. The monoisotopic (exact) mass is 265 g/mol. The third-order valence-electron chi connectivity index (χ3n) is 4.08. The molecule has 1 atom stereocenters. The van der Waals surface area contributed by atoms with Crippen molar-refractivity contribution in [1.29, 1.82) is 0 Å². The van der Waals surface area contributed by atoms with Crippen LogP contribution in [0.25, 0.3) is 0 Å². The summed E-state index contributed by atoms with van der Waals surface area (Å²) in [6.07, 6.45) is 2.30. The van der Waals surface area contributed by atoms with Crippen molar-refractivity contribution in [3.63, 3.8) is 0 Å². The van der Waals surface area contributed by atoms with E-state index in [9.17, 15) is 4.79 Å². The maximum Gasteiger partial charge on any atom is 0.159 e. The van der Waals surface area contributed by atoms with Crippen molar-refractivity contribution in [2.24, 2.45) is 0 Å². The Balaban J connectivity index is 2.02. The van der Waals surface area contributed by atoms with Gasteiger partial charge in [0.15, 0.2) is 5.78 Å². The van der Waals surface area contributed by atoms with E-state index in [4.69, 9.17) is 0 Å². The third-order valence-corrected chi connectivity index (χ3v) is 4.08. The summed E-state index contributed by atoms with van der Waals surface area (Å²) in [5.74, 6) is 0.114. The van der Waals surface area contributed by atoms with Crippen LogP contribution < -0.4 is 4.90 Å². The molecular weight excluding hydrogens is 246 g/mol. The molecule has 1 aliphatic heterocycles. The largest absolute Gasteiger partial charge is 0.338 e. The van der Waals surface area contributed by atoms with Gasteiger partial charge in [-0.15, -0.1) is 0 Å². The molecule has 0 N–H and O–H groups in total. The molecule has 2 nitrogen and oxygen atoms in total. The van der Waals surface area contributed by atoms with Crippen molar-refractivity contribution in [1.82, 2.24) is 0 Å². The molecule has 0 amide bonds. The number of fused-ring (bicyclic) bond motifs is 1. The van der Waals surface area contributed by atoms with Crippen LogP contribution in [0.15, 0.2) is 48.5 Å². The van der Waals surface area contributed by atoms with Crippen molar-refractivity contribution in [3.8, 4) is 0 Å². The quantitative estimate of drug-likeness (QED) is 0.752. The van der Waals surface area contributed by atoms with Crippen LogP contribution in [0.3, 0.4) is 0 Å². The van der Waals surface area contributed by atoms with E-state index in [1.165, 1.54) is 11.3 Å². The Kier molecular flexibility index (Phi) is 3.31. The van der Waals surface area contributed by atoms with Crippen LogP contribution in [0.4, 0.5) is 11.4 Å². The molecule has 0 aliphatic carbocycles. The zero-order valence-corrected chi connectivity index (χ0v) is 12.0. The molecule has 1 aliphatic rings. The lowest BCUT2D eigenvalue weighted by atomic mass is 9.95. The number of ketones is 1. The lowest BCUT2D eigenvalue weighted by Gasteiger charge is -2.37. The normalized spacial score (nSPS) is 17.7. The molecule has 0 fully saturated rings. The highest BCUT2D eigenvalue weighted by Gasteiger charge is 2.23. The lowest BCUT2D eigenvalue weighted by molar-refractivity contribution is 0.101. The Bertz CT molecular complexity index is 630. The maximum absolute atomic E-state index is 11.4. The molecule has 0 saturated heterocycles. The van der Waals surface area contributed by atoms with Gasteiger partial charge in [-0.1, -0.05) is 18.2 Å². The van der Waals surface area contributed by atoms with Crippen LogP contribution in [0.5, 0.6) is 0 Å². The molecule has 1 unspecified atom stereocenters. The summed E-state index contributed by atoms with van der Waals surface area (Å²) in [6.45, 7) is 3.86. The van der Waals surface area contributed by atoms with Gasteiger partial charge in [0, 0.05) is 23.0 Å². The van der Waals surface area contributed by atoms with E-state index in [2.05, 4.69) is 48.2 Å². The van der Waals surface area contributed by atoms with Gasteiger partial charge in [0.05, 0.1) is 0 Å². The summed E-state index contributed by atoms with van der Waals surface area (Å²) >= 11 is 0. The van der Waals surface area contributed by atoms with Crippen molar-refractivity contribution in [2.45, 2.75) is 32.7 Å². The summed E-state index contributed by atoms with van der Waals surface area (Å²) in [4.78, 5) is 13.8. The fourth-order valence-corrected chi connectivity index (χ4v) is 2.94. The second-order valence-electron chi connectivity index (χ2n) is 5.49. The molecule has 102 valence electrons. The van der Waals surface area contributed by atoms with Crippen LogP contribution >= 0.6 is 0 Å². The van der Waals surface area contributed by atoms with Gasteiger partial charge in [-0.25, -0.2) is 0 Å². The van der Waals surface area contributed by atoms with Gasteiger partial charge in [-0.3, -0.25) is 4.79 Å². The SMILES string of the molecule is CC(=O)c1ccc(N2c3ccccc3CCC2C)cc1. The molecule has 0 spiro atoms. The molecule has 0 saturated carbocycles. The summed E-state index contributed by atoms with van der Waals surface area (Å²) in [7, 11) is 0. The second kappa shape index (κ2) is 5.12. The Hall–Kier alpha value is -2.09. The van der Waals surface area contributed by atoms with Gasteiger partial charge in [0.1, 0.15) is 0 Å². The predicted octanol–water partition coefficient (Wildman–Crippen LogP) is 4.36. The lowest BCUT2D eigenvalue weighted by Crippen LogP contribution is -2.33. The standard InChI is InChI=1S/C18H19NO/c1-13-7-8-16-5-3-4-6-18(16)19(13)17-11-9-15(10-12-17)14(2)20/h3-6,9-13H,7-8H2,1-2H3. The highest BCUT2D eigenvalue weighted by molar-refractivity contribution is 5.94. The van der Waals surface area contributed by atoms with Gasteiger partial charge in [-0.05, 0) is 62.6 Å².